The number of unbranched alkanes of at least 4 members (excludes halogenated alkanes) is 1. The quantitative estimate of drug-likeness (QED) is 0.792. The number of carbonyl (C=O) groups is 1. The molecule has 0 aliphatic rings. The van der Waals surface area contributed by atoms with E-state index in [1.165, 1.54) is 0 Å². The summed E-state index contributed by atoms with van der Waals surface area (Å²) in [5.74, 6) is 1.28. The molecule has 0 saturated carbocycles. The third-order valence-electron chi connectivity index (χ3n) is 3.30. The molecule has 0 aliphatic heterocycles. The predicted octanol–water partition coefficient (Wildman–Crippen LogP) is 3.05. The van der Waals surface area contributed by atoms with E-state index in [9.17, 15) is 4.79 Å². The molecule has 116 valence electrons. The molecule has 0 amide bonds. The monoisotopic (exact) mass is 299 g/mol. The highest BCUT2D eigenvalue weighted by atomic mass is 16.1. The number of hydrogen-bond donors (Lipinski definition) is 1. The number of nitrogens with one attached hydrogen (secondary N) is 1. The summed E-state index contributed by atoms with van der Waals surface area (Å²) in [6, 6.07) is 7.26. The molecule has 0 fully saturated rings. The van der Waals surface area contributed by atoms with Gasteiger partial charge in [0.2, 0.25) is 5.95 Å². The lowest BCUT2D eigenvalue weighted by atomic mass is 10.1. The van der Waals surface area contributed by atoms with Gasteiger partial charge in [0, 0.05) is 24.8 Å². The van der Waals surface area contributed by atoms with Gasteiger partial charge in [-0.05, 0) is 37.6 Å². The second kappa shape index (κ2) is 7.49. The SMILES string of the molecule is CCCCN(C)c1nncc(Nc2ccc(C(C)=O)cc2)n1. The van der Waals surface area contributed by atoms with Crippen molar-refractivity contribution < 1.29 is 4.79 Å². The number of Topliss-reactive ketones (excluding diaryl/α,β-unsaturated/α-hetero) is 1. The van der Waals surface area contributed by atoms with Crippen molar-refractivity contribution in [3.8, 4) is 0 Å². The standard InChI is InChI=1S/C16H21N5O/c1-4-5-10-21(3)16-19-15(11-17-20-16)18-14-8-6-13(7-9-14)12(2)22/h6-9,11H,4-5,10H2,1-3H3,(H,18,19,20). The molecule has 6 nitrogen and oxygen atoms in total. The Kier molecular flexibility index (Phi) is 5.41. The van der Waals surface area contributed by atoms with Gasteiger partial charge in [0.25, 0.3) is 0 Å². The second-order valence-corrected chi connectivity index (χ2v) is 5.18. The topological polar surface area (TPSA) is 71.0 Å². The molecule has 1 aromatic heterocycles. The summed E-state index contributed by atoms with van der Waals surface area (Å²) in [4.78, 5) is 17.7. The van der Waals surface area contributed by atoms with E-state index in [-0.39, 0.29) is 5.78 Å². The number of carbonyl (C=O) groups excluding carboxylic acids is 1. The summed E-state index contributed by atoms with van der Waals surface area (Å²) in [5, 5.41) is 11.2. The van der Waals surface area contributed by atoms with Crippen molar-refractivity contribution in [1.29, 1.82) is 0 Å². The second-order valence-electron chi connectivity index (χ2n) is 5.18. The zero-order valence-corrected chi connectivity index (χ0v) is 13.2. The van der Waals surface area contributed by atoms with E-state index in [1.54, 1.807) is 25.3 Å². The largest absolute Gasteiger partial charge is 0.343 e. The molecule has 0 aliphatic carbocycles. The number of hydrogen-bond acceptors (Lipinski definition) is 6. The van der Waals surface area contributed by atoms with Gasteiger partial charge in [-0.2, -0.15) is 10.1 Å². The Morgan fingerprint density at radius 3 is 2.64 bits per heavy atom. The first kappa shape index (κ1) is 15.9. The Bertz CT molecular complexity index is 627. The number of benzene rings is 1. The normalized spacial score (nSPS) is 10.3. The van der Waals surface area contributed by atoms with Crippen LogP contribution in [0.15, 0.2) is 30.5 Å². The van der Waals surface area contributed by atoms with Gasteiger partial charge >= 0.3 is 0 Å². The number of anilines is 3. The van der Waals surface area contributed by atoms with Gasteiger partial charge < -0.3 is 10.2 Å². The lowest BCUT2D eigenvalue weighted by molar-refractivity contribution is 0.101. The summed E-state index contributed by atoms with van der Waals surface area (Å²) in [6.07, 6.45) is 3.79. The third-order valence-corrected chi connectivity index (χ3v) is 3.30. The van der Waals surface area contributed by atoms with E-state index in [1.807, 2.05) is 24.1 Å². The summed E-state index contributed by atoms with van der Waals surface area (Å²) in [6.45, 7) is 4.60. The maximum atomic E-state index is 11.3. The van der Waals surface area contributed by atoms with Crippen LogP contribution in [0.4, 0.5) is 17.5 Å². The van der Waals surface area contributed by atoms with E-state index < -0.39 is 0 Å². The Labute approximate surface area is 130 Å². The van der Waals surface area contributed by atoms with Gasteiger partial charge in [-0.1, -0.05) is 13.3 Å². The maximum Gasteiger partial charge on any atom is 0.247 e. The van der Waals surface area contributed by atoms with Crippen LogP contribution >= 0.6 is 0 Å². The minimum absolute atomic E-state index is 0.0510. The van der Waals surface area contributed by atoms with E-state index in [0.717, 1.165) is 25.1 Å². The Morgan fingerprint density at radius 2 is 2.00 bits per heavy atom. The molecule has 2 aromatic rings. The molecule has 6 heteroatoms. The zero-order chi connectivity index (χ0) is 15.9. The number of rotatable bonds is 7. The summed E-state index contributed by atoms with van der Waals surface area (Å²) in [7, 11) is 1.96. The van der Waals surface area contributed by atoms with Crippen molar-refractivity contribution in [2.75, 3.05) is 23.8 Å². The van der Waals surface area contributed by atoms with Crippen LogP contribution in [0.3, 0.4) is 0 Å². The van der Waals surface area contributed by atoms with Crippen LogP contribution in [0.25, 0.3) is 0 Å². The van der Waals surface area contributed by atoms with Crippen LogP contribution in [-0.4, -0.2) is 34.6 Å². The summed E-state index contributed by atoms with van der Waals surface area (Å²) in [5.41, 5.74) is 1.54. The van der Waals surface area contributed by atoms with E-state index in [4.69, 9.17) is 0 Å². The molecule has 1 heterocycles. The van der Waals surface area contributed by atoms with Crippen molar-refractivity contribution in [3.63, 3.8) is 0 Å². The fourth-order valence-electron chi connectivity index (χ4n) is 1.95. The number of nitrogens with zero attached hydrogens (tertiary/aromatic N) is 4. The molecule has 0 bridgehead atoms. The molecular weight excluding hydrogens is 278 g/mol. The predicted molar refractivity (Wildman–Crippen MR) is 87.7 cm³/mol. The van der Waals surface area contributed by atoms with Crippen molar-refractivity contribution in [3.05, 3.63) is 36.0 Å². The lowest BCUT2D eigenvalue weighted by Gasteiger charge is -2.16. The van der Waals surface area contributed by atoms with Crippen LogP contribution in [0.2, 0.25) is 0 Å². The first-order chi connectivity index (χ1) is 10.6. The van der Waals surface area contributed by atoms with E-state index in [0.29, 0.717) is 17.3 Å². The molecule has 0 atom stereocenters. The fraction of sp³-hybridized carbons (Fsp3) is 0.375. The molecule has 0 radical (unpaired) electrons. The first-order valence-electron chi connectivity index (χ1n) is 7.39. The van der Waals surface area contributed by atoms with E-state index >= 15 is 0 Å². The van der Waals surface area contributed by atoms with Crippen molar-refractivity contribution >= 4 is 23.2 Å². The van der Waals surface area contributed by atoms with Crippen molar-refractivity contribution in [2.24, 2.45) is 0 Å². The zero-order valence-electron chi connectivity index (χ0n) is 13.2. The molecular formula is C16H21N5O. The maximum absolute atomic E-state index is 11.3. The molecule has 22 heavy (non-hydrogen) atoms. The van der Waals surface area contributed by atoms with Crippen molar-refractivity contribution in [1.82, 2.24) is 15.2 Å². The van der Waals surface area contributed by atoms with Gasteiger partial charge in [-0.25, -0.2) is 0 Å². The van der Waals surface area contributed by atoms with Crippen LogP contribution in [0.1, 0.15) is 37.0 Å². The molecule has 0 unspecified atom stereocenters. The molecule has 1 aromatic carbocycles. The van der Waals surface area contributed by atoms with E-state index in [2.05, 4.69) is 27.4 Å². The van der Waals surface area contributed by atoms with Crippen LogP contribution in [0.5, 0.6) is 0 Å². The third kappa shape index (κ3) is 4.25. The number of aromatic nitrogens is 3. The van der Waals surface area contributed by atoms with Crippen LogP contribution < -0.4 is 10.2 Å². The van der Waals surface area contributed by atoms with Gasteiger partial charge in [0.15, 0.2) is 11.6 Å². The first-order valence-corrected chi connectivity index (χ1v) is 7.39. The van der Waals surface area contributed by atoms with Crippen LogP contribution in [-0.2, 0) is 0 Å². The van der Waals surface area contributed by atoms with Crippen molar-refractivity contribution in [2.45, 2.75) is 26.7 Å². The highest BCUT2D eigenvalue weighted by Gasteiger charge is 2.06. The average Bonchev–Trinajstić information content (AvgIpc) is 2.53. The fourth-order valence-corrected chi connectivity index (χ4v) is 1.95. The average molecular weight is 299 g/mol. The van der Waals surface area contributed by atoms with Gasteiger partial charge in [0.1, 0.15) is 0 Å². The smallest absolute Gasteiger partial charge is 0.247 e. The van der Waals surface area contributed by atoms with Gasteiger partial charge in [0.05, 0.1) is 6.20 Å². The Balaban J connectivity index is 2.08. The molecule has 0 saturated heterocycles. The minimum atomic E-state index is 0.0510. The molecule has 2 rings (SSSR count). The summed E-state index contributed by atoms with van der Waals surface area (Å²) < 4.78 is 0. The van der Waals surface area contributed by atoms with Gasteiger partial charge in [-0.15, -0.1) is 5.10 Å². The lowest BCUT2D eigenvalue weighted by Crippen LogP contribution is -2.21. The highest BCUT2D eigenvalue weighted by Crippen LogP contribution is 2.16. The Hall–Kier alpha value is -2.50. The minimum Gasteiger partial charge on any atom is -0.343 e. The highest BCUT2D eigenvalue weighted by molar-refractivity contribution is 5.94. The molecule has 0 spiro atoms. The summed E-state index contributed by atoms with van der Waals surface area (Å²) >= 11 is 0. The molecule has 1 N–H and O–H groups in total. The number of ketones is 1. The Morgan fingerprint density at radius 1 is 1.27 bits per heavy atom. The van der Waals surface area contributed by atoms with Crippen LogP contribution in [0, 0.1) is 0 Å². The van der Waals surface area contributed by atoms with Gasteiger partial charge in [-0.3, -0.25) is 4.79 Å².